The molecular formula is C65H80F3N5. The Morgan fingerprint density at radius 1 is 0.479 bits per heavy atom. The number of halogens is 3. The van der Waals surface area contributed by atoms with Crippen LogP contribution in [-0.4, -0.2) is 24.1 Å². The Hall–Kier alpha value is -6.41. The second-order valence-electron chi connectivity index (χ2n) is 20.0. The molecule has 0 atom stereocenters. The van der Waals surface area contributed by atoms with Gasteiger partial charge in [-0.1, -0.05) is 103 Å². The van der Waals surface area contributed by atoms with Gasteiger partial charge in [0.15, 0.2) is 0 Å². The average molecular weight is 988 g/mol. The van der Waals surface area contributed by atoms with Crippen LogP contribution >= 0.6 is 0 Å². The highest BCUT2D eigenvalue weighted by molar-refractivity contribution is 5.88. The van der Waals surface area contributed by atoms with Crippen molar-refractivity contribution >= 4 is 54.5 Å². The van der Waals surface area contributed by atoms with E-state index in [0.717, 1.165) is 78.7 Å². The number of nitrogens with zero attached hydrogens (tertiary/aromatic N) is 2. The zero-order valence-electron chi connectivity index (χ0n) is 44.8. The molecule has 0 bridgehead atoms. The SMILES string of the molecule is CCCCc1c[nH]c2c(C)cccc12.CCCCc1c[nH]c2ccc(F)cc12.CCCCc1c[nH]c2ccccc12.CCCCc1cn(C)c2ccc(F)cc12.CCCCc1cn2c3c(cc(F)cc13)CCC2. The Balaban J connectivity index is 0.000000134. The number of aryl methyl sites for hydroxylation is 9. The molecule has 0 radical (unpaired) electrons. The standard InChI is InChI=1S/C15H18FN.C13H16FN.C13H17N.C12H14FN.C12H15N/c1-2-3-5-12-10-17-7-4-6-11-8-13(16)9-14(12)15(11)17;1-3-4-5-10-9-15(2)13-7-6-11(14)8-12(10)13;1-3-4-7-11-9-14-13-10(2)6-5-8-12(11)13;1-2-3-4-9-8-14-12-6-5-10(13)7-11(9)12;1-2-3-6-10-9-13-12-8-5-4-7-11(10)12/h8-10H,2-7H2,1H3;6-9H,3-5H2,1-2H3;5-6,8-9,14H,3-4,7H2,1-2H3;5-8,14H,2-4H2,1H3;4-5,7-9,13H,2-3,6H2,1H3. The summed E-state index contributed by atoms with van der Waals surface area (Å²) in [5.41, 5.74) is 15.2. The van der Waals surface area contributed by atoms with Crippen molar-refractivity contribution in [1.82, 2.24) is 24.1 Å². The van der Waals surface area contributed by atoms with Crippen molar-refractivity contribution in [3.63, 3.8) is 0 Å². The summed E-state index contributed by atoms with van der Waals surface area (Å²) in [6.45, 7) is 14.2. The normalized spacial score (nSPS) is 11.8. The highest BCUT2D eigenvalue weighted by Gasteiger charge is 2.17. The minimum atomic E-state index is -0.158. The second kappa shape index (κ2) is 27.0. The van der Waals surface area contributed by atoms with Gasteiger partial charge in [-0.05, 0) is 178 Å². The lowest BCUT2D eigenvalue weighted by Crippen LogP contribution is -2.06. The van der Waals surface area contributed by atoms with E-state index in [0.29, 0.717) is 0 Å². The van der Waals surface area contributed by atoms with E-state index in [-0.39, 0.29) is 17.5 Å². The molecule has 0 unspecified atom stereocenters. The van der Waals surface area contributed by atoms with Crippen molar-refractivity contribution in [3.05, 3.63) is 178 Å². The molecule has 5 aromatic heterocycles. The number of rotatable bonds is 15. The van der Waals surface area contributed by atoms with Crippen molar-refractivity contribution in [3.8, 4) is 0 Å². The maximum Gasteiger partial charge on any atom is 0.124 e. The first-order valence-corrected chi connectivity index (χ1v) is 27.5. The molecule has 0 spiro atoms. The van der Waals surface area contributed by atoms with Crippen LogP contribution in [0.15, 0.2) is 122 Å². The number of unbranched alkanes of at least 4 members (excludes halogenated alkanes) is 5. The van der Waals surface area contributed by atoms with Gasteiger partial charge in [0, 0.05) is 93.6 Å². The summed E-state index contributed by atoms with van der Waals surface area (Å²) in [6.07, 6.45) is 30.4. The Morgan fingerprint density at radius 3 is 1.66 bits per heavy atom. The molecule has 11 rings (SSSR count). The number of H-pyrrole nitrogens is 3. The lowest BCUT2D eigenvalue weighted by molar-refractivity contribution is 0.610. The molecule has 73 heavy (non-hydrogen) atoms. The Bertz CT molecular complexity index is 3270. The summed E-state index contributed by atoms with van der Waals surface area (Å²) < 4.78 is 44.1. The maximum absolute atomic E-state index is 13.6. The molecule has 5 nitrogen and oxygen atoms in total. The van der Waals surface area contributed by atoms with Gasteiger partial charge in [0.2, 0.25) is 0 Å². The minimum absolute atomic E-state index is 0.0788. The molecule has 1 aliphatic rings. The van der Waals surface area contributed by atoms with Crippen LogP contribution in [0.4, 0.5) is 13.2 Å². The van der Waals surface area contributed by atoms with Crippen LogP contribution in [0.2, 0.25) is 0 Å². The summed E-state index contributed by atoms with van der Waals surface area (Å²) in [5, 5.41) is 6.02. The van der Waals surface area contributed by atoms with E-state index in [1.165, 1.54) is 143 Å². The first kappa shape index (κ1) is 54.4. The fourth-order valence-corrected chi connectivity index (χ4v) is 10.3. The number of hydrogen-bond acceptors (Lipinski definition) is 0. The lowest BCUT2D eigenvalue weighted by Gasteiger charge is -2.15. The van der Waals surface area contributed by atoms with Crippen LogP contribution in [0.5, 0.6) is 0 Å². The molecule has 386 valence electrons. The summed E-state index contributed by atoms with van der Waals surface area (Å²) in [5.74, 6) is -0.383. The first-order valence-electron chi connectivity index (χ1n) is 27.5. The van der Waals surface area contributed by atoms with Gasteiger partial charge < -0.3 is 24.1 Å². The van der Waals surface area contributed by atoms with E-state index < -0.39 is 0 Å². The predicted molar refractivity (Wildman–Crippen MR) is 306 cm³/mol. The van der Waals surface area contributed by atoms with Gasteiger partial charge in [-0.3, -0.25) is 0 Å². The molecule has 1 aliphatic heterocycles. The number of aromatic nitrogens is 5. The monoisotopic (exact) mass is 988 g/mol. The molecule has 3 N–H and O–H groups in total. The van der Waals surface area contributed by atoms with Crippen molar-refractivity contribution in [2.75, 3.05) is 0 Å². The average Bonchev–Trinajstić information content (AvgIpc) is 4.24. The summed E-state index contributed by atoms with van der Waals surface area (Å²) >= 11 is 0. The van der Waals surface area contributed by atoms with Crippen LogP contribution in [0.25, 0.3) is 54.5 Å². The lowest BCUT2D eigenvalue weighted by atomic mass is 10.0. The summed E-state index contributed by atoms with van der Waals surface area (Å²) in [7, 11) is 2.01. The first-order chi connectivity index (χ1) is 35.6. The quantitative estimate of drug-likeness (QED) is 0.0917. The van der Waals surface area contributed by atoms with Gasteiger partial charge >= 0.3 is 0 Å². The van der Waals surface area contributed by atoms with E-state index in [1.807, 2.05) is 19.3 Å². The number of fused-ring (bicyclic) bond motifs is 4. The van der Waals surface area contributed by atoms with Crippen LogP contribution in [0.3, 0.4) is 0 Å². The maximum atomic E-state index is 13.6. The van der Waals surface area contributed by atoms with Crippen molar-refractivity contribution in [2.24, 2.45) is 7.05 Å². The third-order valence-electron chi connectivity index (χ3n) is 14.4. The summed E-state index contributed by atoms with van der Waals surface area (Å²) in [4.78, 5) is 9.82. The van der Waals surface area contributed by atoms with E-state index in [2.05, 4.69) is 133 Å². The molecule has 0 saturated carbocycles. The Kier molecular flexibility index (Phi) is 20.1. The van der Waals surface area contributed by atoms with Crippen LogP contribution in [0, 0.1) is 24.4 Å². The van der Waals surface area contributed by atoms with Gasteiger partial charge in [0.25, 0.3) is 0 Å². The second-order valence-corrected chi connectivity index (χ2v) is 20.0. The zero-order chi connectivity index (χ0) is 51.7. The van der Waals surface area contributed by atoms with E-state index in [9.17, 15) is 13.2 Å². The van der Waals surface area contributed by atoms with Gasteiger partial charge in [-0.25, -0.2) is 13.2 Å². The molecule has 0 saturated heterocycles. The largest absolute Gasteiger partial charge is 0.361 e. The smallest absolute Gasteiger partial charge is 0.124 e. The van der Waals surface area contributed by atoms with E-state index >= 15 is 0 Å². The van der Waals surface area contributed by atoms with Gasteiger partial charge in [-0.15, -0.1) is 0 Å². The summed E-state index contributed by atoms with van der Waals surface area (Å²) in [6, 6.07) is 28.3. The minimum Gasteiger partial charge on any atom is -0.361 e. The van der Waals surface area contributed by atoms with Crippen LogP contribution in [0.1, 0.15) is 144 Å². The molecular weight excluding hydrogens is 908 g/mol. The van der Waals surface area contributed by atoms with Gasteiger partial charge in [0.1, 0.15) is 17.5 Å². The molecule has 10 aromatic rings. The molecule has 0 amide bonds. The molecule has 8 heteroatoms. The number of benzene rings is 5. The van der Waals surface area contributed by atoms with Gasteiger partial charge in [0.05, 0.1) is 5.52 Å². The Labute approximate surface area is 432 Å². The third kappa shape index (κ3) is 14.0. The molecule has 0 fully saturated rings. The number of nitrogens with one attached hydrogen (secondary N) is 3. The molecule has 6 heterocycles. The van der Waals surface area contributed by atoms with E-state index in [4.69, 9.17) is 0 Å². The fourth-order valence-electron chi connectivity index (χ4n) is 10.3. The van der Waals surface area contributed by atoms with Crippen molar-refractivity contribution < 1.29 is 13.2 Å². The highest BCUT2D eigenvalue weighted by atomic mass is 19.1. The van der Waals surface area contributed by atoms with Gasteiger partial charge in [-0.2, -0.15) is 0 Å². The fraction of sp³-hybridized carbons (Fsp3) is 0.385. The van der Waals surface area contributed by atoms with Crippen LogP contribution in [-0.2, 0) is 52.1 Å². The predicted octanol–water partition coefficient (Wildman–Crippen LogP) is 18.7. The highest BCUT2D eigenvalue weighted by Crippen LogP contribution is 2.32. The number of hydrogen-bond donors (Lipinski definition) is 3. The number of para-hydroxylation sites is 2. The molecule has 0 aliphatic carbocycles. The van der Waals surface area contributed by atoms with Crippen LogP contribution < -0.4 is 0 Å². The third-order valence-corrected chi connectivity index (χ3v) is 14.4. The van der Waals surface area contributed by atoms with E-state index in [1.54, 1.807) is 30.3 Å². The van der Waals surface area contributed by atoms with Crippen molar-refractivity contribution in [2.45, 2.75) is 157 Å². The molecule has 5 aromatic carbocycles. The Morgan fingerprint density at radius 2 is 1.00 bits per heavy atom. The van der Waals surface area contributed by atoms with Crippen molar-refractivity contribution in [1.29, 1.82) is 0 Å². The topological polar surface area (TPSA) is 57.2 Å². The number of aromatic amines is 3. The zero-order valence-corrected chi connectivity index (χ0v) is 44.8.